The molecule has 0 saturated carbocycles. The van der Waals surface area contributed by atoms with E-state index >= 15 is 0 Å². The van der Waals surface area contributed by atoms with Crippen molar-refractivity contribution in [2.24, 2.45) is 5.92 Å². The maximum atomic E-state index is 12.5. The molecule has 27 heavy (non-hydrogen) atoms. The maximum Gasteiger partial charge on any atom is 0.240 e. The number of carbonyl (C=O) groups is 1. The van der Waals surface area contributed by atoms with Crippen LogP contribution in [-0.4, -0.2) is 28.0 Å². The van der Waals surface area contributed by atoms with E-state index in [0.29, 0.717) is 16.3 Å². The molecule has 0 heterocycles. The van der Waals surface area contributed by atoms with Crippen molar-refractivity contribution in [1.29, 1.82) is 0 Å². The molecule has 8 heteroatoms. The first-order chi connectivity index (χ1) is 12.7. The molecule has 0 aliphatic rings. The van der Waals surface area contributed by atoms with Gasteiger partial charge in [-0.15, -0.1) is 0 Å². The largest absolute Gasteiger partial charge is 0.375 e. The van der Waals surface area contributed by atoms with Crippen LogP contribution in [0.25, 0.3) is 0 Å². The van der Waals surface area contributed by atoms with E-state index in [0.717, 1.165) is 0 Å². The molecule has 0 aliphatic heterocycles. The normalized spacial score (nSPS) is 12.8. The van der Waals surface area contributed by atoms with Gasteiger partial charge in [0.2, 0.25) is 15.9 Å². The van der Waals surface area contributed by atoms with Crippen molar-refractivity contribution in [2.75, 3.05) is 19.0 Å². The molecule has 0 spiro atoms. The van der Waals surface area contributed by atoms with Gasteiger partial charge >= 0.3 is 0 Å². The lowest BCUT2D eigenvalue weighted by atomic mass is 10.1. The van der Waals surface area contributed by atoms with Crippen molar-refractivity contribution in [1.82, 2.24) is 4.72 Å². The van der Waals surface area contributed by atoms with Gasteiger partial charge in [-0.05, 0) is 30.3 Å². The van der Waals surface area contributed by atoms with E-state index in [1.165, 1.54) is 19.2 Å². The Morgan fingerprint density at radius 3 is 2.30 bits per heavy atom. The van der Waals surface area contributed by atoms with Gasteiger partial charge in [-0.25, -0.2) is 13.1 Å². The fourth-order valence-electron chi connectivity index (χ4n) is 2.33. The number of amides is 1. The lowest BCUT2D eigenvalue weighted by Gasteiger charge is -2.18. The van der Waals surface area contributed by atoms with Crippen LogP contribution in [0.4, 0.5) is 5.69 Å². The second-order valence-corrected chi connectivity index (χ2v) is 8.44. The molecule has 1 amide bonds. The summed E-state index contributed by atoms with van der Waals surface area (Å²) in [6.07, 6.45) is -0.516. The molecule has 2 rings (SSSR count). The summed E-state index contributed by atoms with van der Waals surface area (Å²) in [5.74, 6) is -0.294. The Morgan fingerprint density at radius 1 is 1.11 bits per heavy atom. The Balaban J connectivity index is 2.07. The summed E-state index contributed by atoms with van der Waals surface area (Å²) >= 11 is 6.15. The van der Waals surface area contributed by atoms with Gasteiger partial charge in [0.05, 0.1) is 11.0 Å². The zero-order chi connectivity index (χ0) is 20.0. The Kier molecular flexibility index (Phi) is 7.38. The number of halogens is 1. The van der Waals surface area contributed by atoms with E-state index in [4.69, 9.17) is 16.3 Å². The highest BCUT2D eigenvalue weighted by Gasteiger charge is 2.19. The standard InChI is InChI=1S/C19H23ClN2O4S/c1-13(2)19(23)22-14-8-10-15(11-9-14)27(24,25)21-12-18(26-3)16-6-4-5-7-17(16)20/h4-11,13,18,21H,12H2,1-3H3,(H,22,23)/t18-/m1/s1. The van der Waals surface area contributed by atoms with Crippen molar-refractivity contribution < 1.29 is 17.9 Å². The lowest BCUT2D eigenvalue weighted by molar-refractivity contribution is -0.118. The fourth-order valence-corrected chi connectivity index (χ4v) is 3.62. The molecule has 6 nitrogen and oxygen atoms in total. The molecule has 0 aliphatic carbocycles. The molecular formula is C19H23ClN2O4S. The van der Waals surface area contributed by atoms with Gasteiger partial charge in [0, 0.05) is 35.8 Å². The first kappa shape index (κ1) is 21.4. The van der Waals surface area contributed by atoms with Crippen LogP contribution in [0.15, 0.2) is 53.4 Å². The van der Waals surface area contributed by atoms with Crippen LogP contribution in [0.5, 0.6) is 0 Å². The van der Waals surface area contributed by atoms with Gasteiger partial charge in [0.1, 0.15) is 0 Å². The molecule has 1 atom stereocenters. The van der Waals surface area contributed by atoms with Crippen molar-refractivity contribution in [3.8, 4) is 0 Å². The predicted molar refractivity (Wildman–Crippen MR) is 106 cm³/mol. The second kappa shape index (κ2) is 9.32. The summed E-state index contributed by atoms with van der Waals surface area (Å²) in [7, 11) is -2.24. The number of methoxy groups -OCH3 is 1. The van der Waals surface area contributed by atoms with E-state index in [2.05, 4.69) is 10.0 Å². The van der Waals surface area contributed by atoms with Crippen LogP contribution in [-0.2, 0) is 19.6 Å². The number of ether oxygens (including phenoxy) is 1. The minimum atomic E-state index is -3.73. The first-order valence-electron chi connectivity index (χ1n) is 8.42. The van der Waals surface area contributed by atoms with E-state index in [9.17, 15) is 13.2 Å². The zero-order valence-corrected chi connectivity index (χ0v) is 17.0. The SMILES string of the molecule is CO[C@H](CNS(=O)(=O)c1ccc(NC(=O)C(C)C)cc1)c1ccccc1Cl. The summed E-state index contributed by atoms with van der Waals surface area (Å²) < 4.78 is 33.0. The van der Waals surface area contributed by atoms with Gasteiger partial charge in [0.25, 0.3) is 0 Å². The number of rotatable bonds is 8. The average molecular weight is 411 g/mol. The molecule has 0 bridgehead atoms. The van der Waals surface area contributed by atoms with Crippen molar-refractivity contribution in [2.45, 2.75) is 24.8 Å². The monoisotopic (exact) mass is 410 g/mol. The quantitative estimate of drug-likeness (QED) is 0.696. The van der Waals surface area contributed by atoms with Crippen LogP contribution < -0.4 is 10.0 Å². The second-order valence-electron chi connectivity index (χ2n) is 6.27. The summed E-state index contributed by atoms with van der Waals surface area (Å²) in [6.45, 7) is 3.60. The molecule has 0 fully saturated rings. The third-order valence-electron chi connectivity index (χ3n) is 3.95. The average Bonchev–Trinajstić information content (AvgIpc) is 2.64. The van der Waals surface area contributed by atoms with Gasteiger partial charge in [-0.3, -0.25) is 4.79 Å². The molecule has 0 radical (unpaired) electrons. The minimum absolute atomic E-state index is 0.0361. The van der Waals surface area contributed by atoms with Crippen LogP contribution >= 0.6 is 11.6 Å². The summed E-state index contributed by atoms with van der Waals surface area (Å²) in [5, 5.41) is 3.23. The lowest BCUT2D eigenvalue weighted by Crippen LogP contribution is -2.29. The van der Waals surface area contributed by atoms with E-state index in [1.54, 1.807) is 44.2 Å². The third-order valence-corrected chi connectivity index (χ3v) is 5.74. The van der Waals surface area contributed by atoms with Gasteiger partial charge < -0.3 is 10.1 Å². The zero-order valence-electron chi connectivity index (χ0n) is 15.4. The Hall–Kier alpha value is -1.93. The molecule has 2 aromatic carbocycles. The molecular weight excluding hydrogens is 388 g/mol. The molecule has 2 N–H and O–H groups in total. The molecule has 2 aromatic rings. The summed E-state index contributed by atoms with van der Waals surface area (Å²) in [6, 6.07) is 13.1. The molecule has 146 valence electrons. The summed E-state index contributed by atoms with van der Waals surface area (Å²) in [4.78, 5) is 11.8. The Bertz CT molecular complexity index is 883. The summed E-state index contributed by atoms with van der Waals surface area (Å²) in [5.41, 5.74) is 1.24. The van der Waals surface area contributed by atoms with Gasteiger partial charge in [-0.1, -0.05) is 43.6 Å². The van der Waals surface area contributed by atoms with Crippen molar-refractivity contribution >= 4 is 33.2 Å². The first-order valence-corrected chi connectivity index (χ1v) is 10.3. The van der Waals surface area contributed by atoms with Crippen LogP contribution in [0.2, 0.25) is 5.02 Å². The van der Waals surface area contributed by atoms with E-state index < -0.39 is 16.1 Å². The smallest absolute Gasteiger partial charge is 0.240 e. The predicted octanol–water partition coefficient (Wildman–Crippen LogP) is 3.60. The van der Waals surface area contributed by atoms with Crippen molar-refractivity contribution in [3.63, 3.8) is 0 Å². The van der Waals surface area contributed by atoms with Gasteiger partial charge in [0.15, 0.2) is 0 Å². The highest BCUT2D eigenvalue weighted by molar-refractivity contribution is 7.89. The molecule has 0 unspecified atom stereocenters. The number of benzene rings is 2. The Morgan fingerprint density at radius 2 is 1.74 bits per heavy atom. The Labute approximate surface area is 164 Å². The fraction of sp³-hybridized carbons (Fsp3) is 0.316. The van der Waals surface area contributed by atoms with Crippen LogP contribution in [0.1, 0.15) is 25.5 Å². The number of hydrogen-bond donors (Lipinski definition) is 2. The number of sulfonamides is 1. The van der Waals surface area contributed by atoms with E-state index in [-0.39, 0.29) is 23.3 Å². The number of anilines is 1. The molecule has 0 saturated heterocycles. The van der Waals surface area contributed by atoms with Crippen molar-refractivity contribution in [3.05, 3.63) is 59.1 Å². The highest BCUT2D eigenvalue weighted by Crippen LogP contribution is 2.25. The number of carbonyl (C=O) groups excluding carboxylic acids is 1. The number of nitrogens with one attached hydrogen (secondary N) is 2. The topological polar surface area (TPSA) is 84.5 Å². The van der Waals surface area contributed by atoms with Crippen LogP contribution in [0, 0.1) is 5.92 Å². The maximum absolute atomic E-state index is 12.5. The van der Waals surface area contributed by atoms with E-state index in [1.807, 2.05) is 6.07 Å². The third kappa shape index (κ3) is 5.77. The molecule has 0 aromatic heterocycles. The van der Waals surface area contributed by atoms with Crippen LogP contribution in [0.3, 0.4) is 0 Å². The number of hydrogen-bond acceptors (Lipinski definition) is 4. The highest BCUT2D eigenvalue weighted by atomic mass is 35.5. The minimum Gasteiger partial charge on any atom is -0.375 e. The van der Waals surface area contributed by atoms with Gasteiger partial charge in [-0.2, -0.15) is 0 Å².